The lowest BCUT2D eigenvalue weighted by Crippen LogP contribution is -2.38. The number of rotatable bonds is 4. The van der Waals surface area contributed by atoms with Gasteiger partial charge in [0.1, 0.15) is 0 Å². The highest BCUT2D eigenvalue weighted by Gasteiger charge is 2.03. The van der Waals surface area contributed by atoms with Crippen molar-refractivity contribution in [3.8, 4) is 0 Å². The van der Waals surface area contributed by atoms with Crippen molar-refractivity contribution in [3.63, 3.8) is 0 Å². The second-order valence-corrected chi connectivity index (χ2v) is 2.16. The summed E-state index contributed by atoms with van der Waals surface area (Å²) >= 11 is 0. The van der Waals surface area contributed by atoms with E-state index in [-0.39, 0.29) is 5.91 Å². The molecule has 10 heavy (non-hydrogen) atoms. The molecule has 0 fully saturated rings. The standard InChI is InChI=1S/C7H14N2O/c1-3-4-5-9-7(10)6(2)8/h3,6H,1,4-5,8H2,2H3,(H,9,10). The van der Waals surface area contributed by atoms with E-state index in [0.717, 1.165) is 6.42 Å². The molecule has 0 rings (SSSR count). The Morgan fingerprint density at radius 3 is 2.90 bits per heavy atom. The van der Waals surface area contributed by atoms with E-state index in [0.29, 0.717) is 6.54 Å². The molecule has 0 saturated heterocycles. The summed E-state index contributed by atoms with van der Waals surface area (Å²) in [6.07, 6.45) is 2.54. The molecule has 0 radical (unpaired) electrons. The fraction of sp³-hybridized carbons (Fsp3) is 0.571. The number of hydrogen-bond donors (Lipinski definition) is 2. The van der Waals surface area contributed by atoms with Gasteiger partial charge in [0.15, 0.2) is 0 Å². The maximum atomic E-state index is 10.7. The lowest BCUT2D eigenvalue weighted by molar-refractivity contribution is -0.121. The second kappa shape index (κ2) is 4.99. The van der Waals surface area contributed by atoms with Gasteiger partial charge in [-0.1, -0.05) is 6.08 Å². The summed E-state index contributed by atoms with van der Waals surface area (Å²) in [5.74, 6) is -0.109. The van der Waals surface area contributed by atoms with Crippen LogP contribution in [0.5, 0.6) is 0 Å². The summed E-state index contributed by atoms with van der Waals surface area (Å²) in [6, 6.07) is -0.412. The van der Waals surface area contributed by atoms with E-state index in [4.69, 9.17) is 5.73 Å². The highest BCUT2D eigenvalue weighted by molar-refractivity contribution is 5.80. The van der Waals surface area contributed by atoms with Crippen LogP contribution in [0.15, 0.2) is 12.7 Å². The van der Waals surface area contributed by atoms with E-state index in [9.17, 15) is 4.79 Å². The van der Waals surface area contributed by atoms with Crippen molar-refractivity contribution in [3.05, 3.63) is 12.7 Å². The highest BCUT2D eigenvalue weighted by Crippen LogP contribution is 1.78. The third-order valence-corrected chi connectivity index (χ3v) is 1.06. The fourth-order valence-corrected chi connectivity index (χ4v) is 0.458. The number of carbonyl (C=O) groups excluding carboxylic acids is 1. The Kier molecular flexibility index (Phi) is 4.58. The molecular weight excluding hydrogens is 128 g/mol. The van der Waals surface area contributed by atoms with Gasteiger partial charge in [0, 0.05) is 6.54 Å². The molecular formula is C7H14N2O. The van der Waals surface area contributed by atoms with Gasteiger partial charge >= 0.3 is 0 Å². The zero-order valence-electron chi connectivity index (χ0n) is 6.26. The minimum absolute atomic E-state index is 0.109. The maximum Gasteiger partial charge on any atom is 0.236 e. The first-order valence-corrected chi connectivity index (χ1v) is 3.32. The van der Waals surface area contributed by atoms with Crippen molar-refractivity contribution < 1.29 is 4.79 Å². The molecule has 0 bridgehead atoms. The summed E-state index contributed by atoms with van der Waals surface area (Å²) < 4.78 is 0. The van der Waals surface area contributed by atoms with E-state index < -0.39 is 6.04 Å². The fourth-order valence-electron chi connectivity index (χ4n) is 0.458. The van der Waals surface area contributed by atoms with E-state index in [1.807, 2.05) is 0 Å². The molecule has 0 saturated carbocycles. The van der Waals surface area contributed by atoms with Crippen molar-refractivity contribution in [2.24, 2.45) is 5.73 Å². The monoisotopic (exact) mass is 142 g/mol. The largest absolute Gasteiger partial charge is 0.354 e. The molecule has 1 unspecified atom stereocenters. The molecule has 0 heterocycles. The summed E-state index contributed by atoms with van der Waals surface area (Å²) in [5.41, 5.74) is 5.28. The summed E-state index contributed by atoms with van der Waals surface area (Å²) in [5, 5.41) is 2.65. The normalized spacial score (nSPS) is 12.2. The van der Waals surface area contributed by atoms with Crippen molar-refractivity contribution in [2.45, 2.75) is 19.4 Å². The molecule has 3 nitrogen and oxygen atoms in total. The number of nitrogens with one attached hydrogen (secondary N) is 1. The first-order chi connectivity index (χ1) is 4.68. The predicted molar refractivity (Wildman–Crippen MR) is 41.5 cm³/mol. The van der Waals surface area contributed by atoms with Crippen LogP contribution in [0.3, 0.4) is 0 Å². The Morgan fingerprint density at radius 2 is 2.50 bits per heavy atom. The predicted octanol–water partition coefficient (Wildman–Crippen LogP) is 0.0259. The summed E-state index contributed by atoms with van der Waals surface area (Å²) in [6.45, 7) is 5.80. The van der Waals surface area contributed by atoms with Crippen LogP contribution in [0.1, 0.15) is 13.3 Å². The molecule has 3 N–H and O–H groups in total. The second-order valence-electron chi connectivity index (χ2n) is 2.16. The highest BCUT2D eigenvalue weighted by atomic mass is 16.2. The van der Waals surface area contributed by atoms with E-state index >= 15 is 0 Å². The van der Waals surface area contributed by atoms with Gasteiger partial charge in [-0.15, -0.1) is 6.58 Å². The third-order valence-electron chi connectivity index (χ3n) is 1.06. The minimum atomic E-state index is -0.412. The Morgan fingerprint density at radius 1 is 1.90 bits per heavy atom. The lowest BCUT2D eigenvalue weighted by atomic mass is 10.3. The van der Waals surface area contributed by atoms with Crippen molar-refractivity contribution >= 4 is 5.91 Å². The van der Waals surface area contributed by atoms with Gasteiger partial charge in [-0.25, -0.2) is 0 Å². The van der Waals surface area contributed by atoms with Gasteiger partial charge in [-0.3, -0.25) is 4.79 Å². The Labute approximate surface area is 61.3 Å². The Hall–Kier alpha value is -0.830. The quantitative estimate of drug-likeness (QED) is 0.429. The third kappa shape index (κ3) is 4.09. The molecule has 0 aliphatic rings. The van der Waals surface area contributed by atoms with Crippen LogP contribution >= 0.6 is 0 Å². The van der Waals surface area contributed by atoms with Crippen molar-refractivity contribution in [2.75, 3.05) is 6.54 Å². The van der Waals surface area contributed by atoms with E-state index in [1.54, 1.807) is 13.0 Å². The molecule has 1 atom stereocenters. The van der Waals surface area contributed by atoms with Crippen LogP contribution in [-0.2, 0) is 4.79 Å². The summed E-state index contributed by atoms with van der Waals surface area (Å²) in [7, 11) is 0. The van der Waals surface area contributed by atoms with Gasteiger partial charge < -0.3 is 11.1 Å². The number of amides is 1. The minimum Gasteiger partial charge on any atom is -0.354 e. The van der Waals surface area contributed by atoms with E-state index in [2.05, 4.69) is 11.9 Å². The molecule has 0 aliphatic heterocycles. The SMILES string of the molecule is C=CCCNC(=O)C(C)N. The first kappa shape index (κ1) is 9.17. The Balaban J connectivity index is 3.30. The number of carbonyl (C=O) groups is 1. The lowest BCUT2D eigenvalue weighted by Gasteiger charge is -2.04. The number of nitrogens with two attached hydrogens (primary N) is 1. The first-order valence-electron chi connectivity index (χ1n) is 3.32. The molecule has 3 heteroatoms. The van der Waals surface area contributed by atoms with Crippen LogP contribution in [0.4, 0.5) is 0 Å². The van der Waals surface area contributed by atoms with Gasteiger partial charge in [0.25, 0.3) is 0 Å². The molecule has 1 amide bonds. The van der Waals surface area contributed by atoms with Crippen LogP contribution in [-0.4, -0.2) is 18.5 Å². The molecule has 58 valence electrons. The molecule has 0 spiro atoms. The topological polar surface area (TPSA) is 55.1 Å². The maximum absolute atomic E-state index is 10.7. The van der Waals surface area contributed by atoms with Crippen LogP contribution < -0.4 is 11.1 Å². The van der Waals surface area contributed by atoms with Crippen LogP contribution in [0.2, 0.25) is 0 Å². The zero-order chi connectivity index (χ0) is 7.98. The molecule has 0 aromatic rings. The molecule has 0 aliphatic carbocycles. The summed E-state index contributed by atoms with van der Waals surface area (Å²) in [4.78, 5) is 10.7. The van der Waals surface area contributed by atoms with Crippen molar-refractivity contribution in [1.82, 2.24) is 5.32 Å². The Bertz CT molecular complexity index is 121. The van der Waals surface area contributed by atoms with Gasteiger partial charge in [-0.05, 0) is 13.3 Å². The average Bonchev–Trinajstić information content (AvgIpc) is 1.88. The van der Waals surface area contributed by atoms with Gasteiger partial charge in [0.05, 0.1) is 6.04 Å². The molecule has 0 aromatic carbocycles. The van der Waals surface area contributed by atoms with Crippen LogP contribution in [0, 0.1) is 0 Å². The van der Waals surface area contributed by atoms with Crippen molar-refractivity contribution in [1.29, 1.82) is 0 Å². The molecule has 0 aromatic heterocycles. The zero-order valence-corrected chi connectivity index (χ0v) is 6.26. The average molecular weight is 142 g/mol. The van der Waals surface area contributed by atoms with Gasteiger partial charge in [-0.2, -0.15) is 0 Å². The smallest absolute Gasteiger partial charge is 0.236 e. The van der Waals surface area contributed by atoms with E-state index in [1.165, 1.54) is 0 Å². The van der Waals surface area contributed by atoms with Crippen LogP contribution in [0.25, 0.3) is 0 Å². The number of hydrogen-bond acceptors (Lipinski definition) is 2. The van der Waals surface area contributed by atoms with Gasteiger partial charge in [0.2, 0.25) is 5.91 Å².